The topological polar surface area (TPSA) is 71.3 Å². The van der Waals surface area contributed by atoms with Crippen LogP contribution in [0.4, 0.5) is 4.39 Å². The quantitative estimate of drug-likeness (QED) is 0.761. The standard InChI is InChI=1S/C20H17FN2O3/c1-11-9-12-6-4-7-14-17(12)23(11)20(26)16(18(14)24)19(25)22-10-13-5-2-3-8-15(13)21/h2-8,11,24H,9-10H2,1H3,(H,22,25). The zero-order valence-corrected chi connectivity index (χ0v) is 14.1. The number of nitrogens with one attached hydrogen (secondary N) is 1. The van der Waals surface area contributed by atoms with Crippen molar-refractivity contribution >= 4 is 16.8 Å². The highest BCUT2D eigenvalue weighted by Crippen LogP contribution is 2.35. The first kappa shape index (κ1) is 16.3. The van der Waals surface area contributed by atoms with Gasteiger partial charge in [-0.2, -0.15) is 0 Å². The Hall–Kier alpha value is -3.15. The average Bonchev–Trinajstić information content (AvgIpc) is 2.96. The number of amides is 1. The van der Waals surface area contributed by atoms with E-state index in [0.717, 1.165) is 5.56 Å². The molecule has 1 amide bonds. The number of halogens is 1. The van der Waals surface area contributed by atoms with E-state index in [1.54, 1.807) is 34.9 Å². The normalized spacial score (nSPS) is 15.4. The van der Waals surface area contributed by atoms with Crippen LogP contribution in [-0.2, 0) is 13.0 Å². The molecule has 26 heavy (non-hydrogen) atoms. The molecule has 0 bridgehead atoms. The van der Waals surface area contributed by atoms with Gasteiger partial charge >= 0.3 is 0 Å². The molecule has 4 rings (SSSR count). The van der Waals surface area contributed by atoms with Gasteiger partial charge in [-0.1, -0.05) is 30.3 Å². The lowest BCUT2D eigenvalue weighted by molar-refractivity contribution is 0.0946. The van der Waals surface area contributed by atoms with Crippen molar-refractivity contribution < 1.29 is 14.3 Å². The molecule has 5 nitrogen and oxygen atoms in total. The Morgan fingerprint density at radius 3 is 2.81 bits per heavy atom. The minimum atomic E-state index is -0.717. The molecule has 0 aliphatic carbocycles. The van der Waals surface area contributed by atoms with Crippen LogP contribution in [-0.4, -0.2) is 15.6 Å². The molecule has 0 fully saturated rings. The van der Waals surface area contributed by atoms with Crippen molar-refractivity contribution in [2.24, 2.45) is 0 Å². The average molecular weight is 352 g/mol. The predicted molar refractivity (Wildman–Crippen MR) is 95.9 cm³/mol. The van der Waals surface area contributed by atoms with E-state index in [4.69, 9.17) is 0 Å². The lowest BCUT2D eigenvalue weighted by Gasteiger charge is -2.14. The molecule has 0 radical (unpaired) electrons. The SMILES string of the molecule is CC1Cc2cccc3c(O)c(C(=O)NCc4ccccc4F)c(=O)n1c23. The Balaban J connectivity index is 1.77. The van der Waals surface area contributed by atoms with Gasteiger partial charge in [0.25, 0.3) is 11.5 Å². The second kappa shape index (κ2) is 5.98. The maximum atomic E-state index is 13.7. The van der Waals surface area contributed by atoms with Crippen molar-refractivity contribution in [3.63, 3.8) is 0 Å². The predicted octanol–water partition coefficient (Wildman–Crippen LogP) is 2.89. The largest absolute Gasteiger partial charge is 0.506 e. The number of hydrogen-bond donors (Lipinski definition) is 2. The Kier molecular flexibility index (Phi) is 3.76. The van der Waals surface area contributed by atoms with Crippen molar-refractivity contribution in [3.8, 4) is 5.75 Å². The summed E-state index contributed by atoms with van der Waals surface area (Å²) < 4.78 is 15.3. The van der Waals surface area contributed by atoms with Crippen molar-refractivity contribution in [1.82, 2.24) is 9.88 Å². The summed E-state index contributed by atoms with van der Waals surface area (Å²) >= 11 is 0. The summed E-state index contributed by atoms with van der Waals surface area (Å²) in [6.07, 6.45) is 0.673. The summed E-state index contributed by atoms with van der Waals surface area (Å²) in [5, 5.41) is 13.6. The monoisotopic (exact) mass is 352 g/mol. The van der Waals surface area contributed by atoms with Crippen LogP contribution in [0.3, 0.4) is 0 Å². The van der Waals surface area contributed by atoms with Crippen LogP contribution in [0.25, 0.3) is 10.9 Å². The number of aromatic hydroxyl groups is 1. The molecule has 2 heterocycles. The van der Waals surface area contributed by atoms with E-state index in [1.807, 2.05) is 13.0 Å². The molecule has 1 atom stereocenters. The second-order valence-corrected chi connectivity index (χ2v) is 6.54. The van der Waals surface area contributed by atoms with Crippen LogP contribution in [0.1, 0.15) is 34.5 Å². The van der Waals surface area contributed by atoms with Crippen LogP contribution in [0.5, 0.6) is 5.75 Å². The smallest absolute Gasteiger partial charge is 0.267 e. The van der Waals surface area contributed by atoms with Gasteiger partial charge < -0.3 is 15.0 Å². The maximum absolute atomic E-state index is 13.7. The minimum absolute atomic E-state index is 0.0714. The van der Waals surface area contributed by atoms with Crippen LogP contribution in [0.2, 0.25) is 0 Å². The molecule has 1 unspecified atom stereocenters. The van der Waals surface area contributed by atoms with E-state index in [-0.39, 0.29) is 23.9 Å². The van der Waals surface area contributed by atoms with Gasteiger partial charge in [-0.25, -0.2) is 4.39 Å². The van der Waals surface area contributed by atoms with E-state index in [1.165, 1.54) is 6.07 Å². The van der Waals surface area contributed by atoms with E-state index in [9.17, 15) is 19.1 Å². The van der Waals surface area contributed by atoms with Crippen LogP contribution in [0.15, 0.2) is 47.3 Å². The van der Waals surface area contributed by atoms with Gasteiger partial charge in [0, 0.05) is 23.5 Å². The van der Waals surface area contributed by atoms with Gasteiger partial charge in [0.05, 0.1) is 5.52 Å². The molecule has 3 aromatic rings. The summed E-state index contributed by atoms with van der Waals surface area (Å²) in [7, 11) is 0. The highest BCUT2D eigenvalue weighted by atomic mass is 19.1. The Bertz CT molecular complexity index is 1100. The molecule has 1 aliphatic rings. The molecule has 1 aliphatic heterocycles. The highest BCUT2D eigenvalue weighted by Gasteiger charge is 2.29. The summed E-state index contributed by atoms with van der Waals surface area (Å²) in [4.78, 5) is 25.5. The lowest BCUT2D eigenvalue weighted by Crippen LogP contribution is -2.33. The van der Waals surface area contributed by atoms with Gasteiger partial charge in [0.15, 0.2) is 0 Å². The summed E-state index contributed by atoms with van der Waals surface area (Å²) in [5.41, 5.74) is 1.12. The van der Waals surface area contributed by atoms with Crippen molar-refractivity contribution in [3.05, 3.63) is 75.3 Å². The number of nitrogens with zero attached hydrogens (tertiary/aromatic N) is 1. The van der Waals surface area contributed by atoms with E-state index < -0.39 is 17.3 Å². The summed E-state index contributed by atoms with van der Waals surface area (Å²) in [6.45, 7) is 1.83. The van der Waals surface area contributed by atoms with E-state index in [2.05, 4.69) is 5.32 Å². The van der Waals surface area contributed by atoms with Crippen LogP contribution < -0.4 is 10.9 Å². The Morgan fingerprint density at radius 1 is 1.27 bits per heavy atom. The number of hydrogen-bond acceptors (Lipinski definition) is 3. The van der Waals surface area contributed by atoms with Gasteiger partial charge in [-0.05, 0) is 31.0 Å². The highest BCUT2D eigenvalue weighted by molar-refractivity contribution is 6.03. The van der Waals surface area contributed by atoms with Crippen molar-refractivity contribution in [2.45, 2.75) is 25.9 Å². The maximum Gasteiger partial charge on any atom is 0.267 e. The van der Waals surface area contributed by atoms with Crippen LogP contribution in [0, 0.1) is 5.82 Å². The minimum Gasteiger partial charge on any atom is -0.506 e. The first-order chi connectivity index (χ1) is 12.5. The number of pyridine rings is 1. The molecule has 2 aromatic carbocycles. The fourth-order valence-corrected chi connectivity index (χ4v) is 3.63. The van der Waals surface area contributed by atoms with Gasteiger partial charge in [-0.3, -0.25) is 9.59 Å². The fourth-order valence-electron chi connectivity index (χ4n) is 3.63. The molecule has 0 spiro atoms. The third-order valence-corrected chi connectivity index (χ3v) is 4.87. The number of aromatic nitrogens is 1. The molecule has 0 saturated carbocycles. The number of carbonyl (C=O) groups is 1. The first-order valence-electron chi connectivity index (χ1n) is 8.39. The number of rotatable bonds is 3. The lowest BCUT2D eigenvalue weighted by atomic mass is 10.1. The van der Waals surface area contributed by atoms with Crippen LogP contribution >= 0.6 is 0 Å². The molecule has 6 heteroatoms. The number of carbonyl (C=O) groups excluding carboxylic acids is 1. The molecule has 1 aromatic heterocycles. The Morgan fingerprint density at radius 2 is 2.04 bits per heavy atom. The molecule has 2 N–H and O–H groups in total. The Labute approximate surface area is 148 Å². The second-order valence-electron chi connectivity index (χ2n) is 6.54. The zero-order valence-electron chi connectivity index (χ0n) is 14.1. The third-order valence-electron chi connectivity index (χ3n) is 4.87. The van der Waals surface area contributed by atoms with Gasteiger partial charge in [-0.15, -0.1) is 0 Å². The fraction of sp³-hybridized carbons (Fsp3) is 0.200. The van der Waals surface area contributed by atoms with Gasteiger partial charge in [0.1, 0.15) is 17.1 Å². The first-order valence-corrected chi connectivity index (χ1v) is 8.39. The van der Waals surface area contributed by atoms with E-state index in [0.29, 0.717) is 22.9 Å². The molecular weight excluding hydrogens is 335 g/mol. The van der Waals surface area contributed by atoms with E-state index >= 15 is 0 Å². The summed E-state index contributed by atoms with van der Waals surface area (Å²) in [6, 6.07) is 11.4. The zero-order chi connectivity index (χ0) is 18.4. The third kappa shape index (κ3) is 2.37. The number of para-hydroxylation sites is 1. The molecule has 0 saturated heterocycles. The molecule has 132 valence electrons. The molecular formula is C20H17FN2O3. The van der Waals surface area contributed by atoms with Crippen molar-refractivity contribution in [2.75, 3.05) is 0 Å². The summed E-state index contributed by atoms with van der Waals surface area (Å²) in [5.74, 6) is -1.49. The van der Waals surface area contributed by atoms with Crippen molar-refractivity contribution in [1.29, 1.82) is 0 Å². The number of benzene rings is 2. The van der Waals surface area contributed by atoms with Gasteiger partial charge in [0.2, 0.25) is 0 Å².